The van der Waals surface area contributed by atoms with Crippen molar-refractivity contribution in [1.29, 1.82) is 0 Å². The average Bonchev–Trinajstić information content (AvgIpc) is 2.84. The summed E-state index contributed by atoms with van der Waals surface area (Å²) in [4.78, 5) is 40.1. The second kappa shape index (κ2) is 9.87. The summed E-state index contributed by atoms with van der Waals surface area (Å²) in [6.45, 7) is 4.00. The van der Waals surface area contributed by atoms with Crippen molar-refractivity contribution < 1.29 is 9.18 Å². The number of hydrogen-bond donors (Lipinski definition) is 1. The number of fused-ring (bicyclic) bond motifs is 1. The smallest absolute Gasteiger partial charge is 0.332 e. The first kappa shape index (κ1) is 23.2. The van der Waals surface area contributed by atoms with Gasteiger partial charge in [-0.15, -0.1) is 0 Å². The highest BCUT2D eigenvalue weighted by Gasteiger charge is 2.24. The van der Waals surface area contributed by atoms with Crippen molar-refractivity contribution in [3.8, 4) is 0 Å². The Morgan fingerprint density at radius 3 is 2.35 bits per heavy atom. The van der Waals surface area contributed by atoms with E-state index in [0.29, 0.717) is 17.3 Å². The summed E-state index contributed by atoms with van der Waals surface area (Å²) >= 11 is 0. The Kier molecular flexibility index (Phi) is 6.72. The molecule has 0 saturated carbocycles. The largest absolute Gasteiger partial charge is 0.350 e. The number of aryl methyl sites for hydroxylation is 1. The fraction of sp³-hybridized carbons (Fsp3) is 0.222. The van der Waals surface area contributed by atoms with Gasteiger partial charge in [0.1, 0.15) is 11.9 Å². The Balaban J connectivity index is 1.78. The van der Waals surface area contributed by atoms with Crippen molar-refractivity contribution in [3.63, 3.8) is 0 Å². The van der Waals surface area contributed by atoms with Gasteiger partial charge in [-0.25, -0.2) is 9.18 Å². The Morgan fingerprint density at radius 1 is 0.971 bits per heavy atom. The summed E-state index contributed by atoms with van der Waals surface area (Å²) in [5.41, 5.74) is 1.95. The molecule has 1 N–H and O–H groups in total. The summed E-state index contributed by atoms with van der Waals surface area (Å²) in [6, 6.07) is 19.6. The topological polar surface area (TPSA) is 73.1 Å². The SMILES string of the molecule is CCC(C(=O)NCc1ccc(F)cc1)n1c(=O)n(Cc2ccccc2)c(=O)c2cc(C)ccc21. The molecule has 7 heteroatoms. The highest BCUT2D eigenvalue weighted by atomic mass is 19.1. The first-order valence-corrected chi connectivity index (χ1v) is 11.2. The van der Waals surface area contributed by atoms with Crippen LogP contribution in [0.2, 0.25) is 0 Å². The molecule has 34 heavy (non-hydrogen) atoms. The first-order valence-electron chi connectivity index (χ1n) is 11.2. The number of carbonyl (C=O) groups is 1. The van der Waals surface area contributed by atoms with Gasteiger partial charge in [0.25, 0.3) is 5.56 Å². The second-order valence-electron chi connectivity index (χ2n) is 8.32. The van der Waals surface area contributed by atoms with Crippen molar-refractivity contribution in [2.24, 2.45) is 0 Å². The molecule has 1 aromatic heterocycles. The molecule has 1 atom stereocenters. The van der Waals surface area contributed by atoms with Crippen LogP contribution >= 0.6 is 0 Å². The molecule has 0 radical (unpaired) electrons. The molecule has 0 aliphatic rings. The van der Waals surface area contributed by atoms with Crippen molar-refractivity contribution >= 4 is 16.8 Å². The van der Waals surface area contributed by atoms with E-state index in [9.17, 15) is 18.8 Å². The third-order valence-corrected chi connectivity index (χ3v) is 5.89. The van der Waals surface area contributed by atoms with Crippen molar-refractivity contribution in [2.45, 2.75) is 39.4 Å². The lowest BCUT2D eigenvalue weighted by Gasteiger charge is -2.22. The lowest BCUT2D eigenvalue weighted by Crippen LogP contribution is -2.45. The van der Waals surface area contributed by atoms with Crippen LogP contribution in [-0.4, -0.2) is 15.0 Å². The molecule has 1 unspecified atom stereocenters. The number of amides is 1. The molecule has 1 heterocycles. The number of hydrogen-bond acceptors (Lipinski definition) is 3. The molecule has 0 aliphatic heterocycles. The number of nitrogens with one attached hydrogen (secondary N) is 1. The second-order valence-corrected chi connectivity index (χ2v) is 8.32. The summed E-state index contributed by atoms with van der Waals surface area (Å²) in [6.07, 6.45) is 0.349. The van der Waals surface area contributed by atoms with Gasteiger partial charge in [0.2, 0.25) is 5.91 Å². The predicted octanol–water partition coefficient (Wildman–Crippen LogP) is 3.93. The number of carbonyl (C=O) groups excluding carboxylic acids is 1. The van der Waals surface area contributed by atoms with Crippen LogP contribution < -0.4 is 16.6 Å². The molecule has 0 saturated heterocycles. The van der Waals surface area contributed by atoms with Crippen LogP contribution in [0.5, 0.6) is 0 Å². The third kappa shape index (κ3) is 4.69. The van der Waals surface area contributed by atoms with E-state index in [4.69, 9.17) is 0 Å². The van der Waals surface area contributed by atoms with Gasteiger partial charge < -0.3 is 5.32 Å². The molecule has 4 rings (SSSR count). The molecular weight excluding hydrogens is 433 g/mol. The van der Waals surface area contributed by atoms with Crippen LogP contribution in [0, 0.1) is 12.7 Å². The minimum absolute atomic E-state index is 0.107. The summed E-state index contributed by atoms with van der Waals surface area (Å²) < 4.78 is 15.8. The van der Waals surface area contributed by atoms with Crippen LogP contribution in [-0.2, 0) is 17.9 Å². The van der Waals surface area contributed by atoms with E-state index in [1.165, 1.54) is 21.3 Å². The van der Waals surface area contributed by atoms with Crippen LogP contribution in [0.15, 0.2) is 82.4 Å². The normalized spacial score (nSPS) is 12.0. The van der Waals surface area contributed by atoms with Gasteiger partial charge in [-0.05, 0) is 48.7 Å². The number of rotatable bonds is 7. The highest BCUT2D eigenvalue weighted by Crippen LogP contribution is 2.18. The van der Waals surface area contributed by atoms with Crippen LogP contribution in [0.4, 0.5) is 4.39 Å². The molecule has 0 bridgehead atoms. The van der Waals surface area contributed by atoms with Gasteiger partial charge in [0.15, 0.2) is 0 Å². The lowest BCUT2D eigenvalue weighted by molar-refractivity contribution is -0.124. The lowest BCUT2D eigenvalue weighted by atomic mass is 10.1. The zero-order chi connectivity index (χ0) is 24.2. The van der Waals surface area contributed by atoms with Crippen molar-refractivity contribution in [2.75, 3.05) is 0 Å². The summed E-state index contributed by atoms with van der Waals surface area (Å²) in [5, 5.41) is 3.24. The fourth-order valence-corrected chi connectivity index (χ4v) is 4.10. The van der Waals surface area contributed by atoms with E-state index in [1.807, 2.05) is 50.2 Å². The minimum Gasteiger partial charge on any atom is -0.350 e. The van der Waals surface area contributed by atoms with Gasteiger partial charge in [-0.2, -0.15) is 0 Å². The quantitative estimate of drug-likeness (QED) is 0.455. The van der Waals surface area contributed by atoms with Gasteiger partial charge in [-0.1, -0.05) is 61.0 Å². The first-order chi connectivity index (χ1) is 16.4. The number of benzene rings is 3. The van der Waals surface area contributed by atoms with Crippen LogP contribution in [0.25, 0.3) is 10.9 Å². The Labute approximate surface area is 196 Å². The maximum absolute atomic E-state index is 13.6. The molecule has 0 fully saturated rings. The van der Waals surface area contributed by atoms with Crippen molar-refractivity contribution in [3.05, 3.63) is 116 Å². The van der Waals surface area contributed by atoms with Crippen molar-refractivity contribution in [1.82, 2.24) is 14.5 Å². The Hall–Kier alpha value is -4.00. The number of aromatic nitrogens is 2. The van der Waals surface area contributed by atoms with Gasteiger partial charge in [0, 0.05) is 6.54 Å². The molecular formula is C27H26FN3O3. The van der Waals surface area contributed by atoms with E-state index in [-0.39, 0.29) is 30.4 Å². The molecule has 174 valence electrons. The molecule has 3 aromatic carbocycles. The van der Waals surface area contributed by atoms with E-state index in [1.54, 1.807) is 24.3 Å². The predicted molar refractivity (Wildman–Crippen MR) is 130 cm³/mol. The zero-order valence-corrected chi connectivity index (χ0v) is 19.1. The molecule has 4 aromatic rings. The highest BCUT2D eigenvalue weighted by molar-refractivity contribution is 5.84. The number of halogens is 1. The van der Waals surface area contributed by atoms with E-state index < -0.39 is 11.7 Å². The molecule has 0 aliphatic carbocycles. The van der Waals surface area contributed by atoms with E-state index in [2.05, 4.69) is 5.32 Å². The Bertz CT molecular complexity index is 1440. The summed E-state index contributed by atoms with van der Waals surface area (Å²) in [5.74, 6) is -0.698. The zero-order valence-electron chi connectivity index (χ0n) is 19.1. The fourth-order valence-electron chi connectivity index (χ4n) is 4.10. The minimum atomic E-state index is -0.819. The maximum atomic E-state index is 13.6. The summed E-state index contributed by atoms with van der Waals surface area (Å²) in [7, 11) is 0. The van der Waals surface area contributed by atoms with Crippen LogP contribution in [0.1, 0.15) is 36.1 Å². The standard InChI is InChI=1S/C27H26FN3O3/c1-3-23(25(32)29-16-19-10-12-21(28)13-11-19)31-24-14-9-18(2)15-22(24)26(33)30(27(31)34)17-20-7-5-4-6-8-20/h4-15,23H,3,16-17H2,1-2H3,(H,29,32). The van der Waals surface area contributed by atoms with Crippen LogP contribution in [0.3, 0.4) is 0 Å². The third-order valence-electron chi connectivity index (χ3n) is 5.89. The van der Waals surface area contributed by atoms with Gasteiger partial charge >= 0.3 is 5.69 Å². The molecule has 6 nitrogen and oxygen atoms in total. The Morgan fingerprint density at radius 2 is 1.68 bits per heavy atom. The van der Waals surface area contributed by atoms with E-state index >= 15 is 0 Å². The number of nitrogens with zero attached hydrogens (tertiary/aromatic N) is 2. The molecule has 1 amide bonds. The van der Waals surface area contributed by atoms with Gasteiger partial charge in [-0.3, -0.25) is 18.7 Å². The maximum Gasteiger partial charge on any atom is 0.332 e. The van der Waals surface area contributed by atoms with Gasteiger partial charge in [0.05, 0.1) is 17.4 Å². The molecule has 0 spiro atoms. The average molecular weight is 460 g/mol. The van der Waals surface area contributed by atoms with E-state index in [0.717, 1.165) is 16.7 Å². The monoisotopic (exact) mass is 459 g/mol.